The number of benzene rings is 1. The zero-order valence-electron chi connectivity index (χ0n) is 11.9. The van der Waals surface area contributed by atoms with Crippen molar-refractivity contribution in [3.63, 3.8) is 0 Å². The van der Waals surface area contributed by atoms with Gasteiger partial charge in [-0.05, 0) is 25.0 Å². The third-order valence-corrected chi connectivity index (χ3v) is 2.92. The van der Waals surface area contributed by atoms with Gasteiger partial charge >= 0.3 is 0 Å². The number of aliphatic hydroxyl groups excluding tert-OH is 1. The van der Waals surface area contributed by atoms with Crippen LogP contribution in [-0.4, -0.2) is 24.1 Å². The zero-order valence-corrected chi connectivity index (χ0v) is 11.9. The maximum Gasteiger partial charge on any atom is 0.226 e. The van der Waals surface area contributed by atoms with E-state index in [1.165, 1.54) is 12.1 Å². The van der Waals surface area contributed by atoms with E-state index in [2.05, 4.69) is 6.92 Å². The fourth-order valence-electron chi connectivity index (χ4n) is 1.67. The lowest BCUT2D eigenvalue weighted by molar-refractivity contribution is -0.147. The van der Waals surface area contributed by atoms with Crippen LogP contribution in [0.1, 0.15) is 39.5 Å². The maximum atomic E-state index is 13.5. The molecule has 0 saturated carbocycles. The highest BCUT2D eigenvalue weighted by atomic mass is 19.2. The Kier molecular flexibility index (Phi) is 7.47. The first-order chi connectivity index (χ1) is 9.60. The number of aliphatic hydroxyl groups is 1. The molecule has 5 heteroatoms. The normalized spacial score (nSPS) is 14.1. The Labute approximate surface area is 118 Å². The maximum absolute atomic E-state index is 13.5. The third-order valence-electron chi connectivity index (χ3n) is 2.92. The smallest absolute Gasteiger partial charge is 0.226 e. The molecule has 1 N–H and O–H groups in total. The summed E-state index contributed by atoms with van der Waals surface area (Å²) in [5.74, 6) is -2.31. The van der Waals surface area contributed by atoms with Crippen molar-refractivity contribution >= 4 is 0 Å². The van der Waals surface area contributed by atoms with Crippen molar-refractivity contribution in [2.24, 2.45) is 0 Å². The lowest BCUT2D eigenvalue weighted by Gasteiger charge is -2.23. The molecule has 0 fully saturated rings. The van der Waals surface area contributed by atoms with Gasteiger partial charge in [-0.15, -0.1) is 0 Å². The minimum atomic E-state index is -1.07. The molecule has 0 bridgehead atoms. The molecule has 3 nitrogen and oxygen atoms in total. The van der Waals surface area contributed by atoms with E-state index in [0.717, 1.165) is 25.3 Å². The van der Waals surface area contributed by atoms with Crippen LogP contribution in [0.3, 0.4) is 0 Å². The Bertz CT molecular complexity index is 399. The predicted octanol–water partition coefficient (Wildman–Crippen LogP) is 3.65. The van der Waals surface area contributed by atoms with Gasteiger partial charge < -0.3 is 14.6 Å². The average molecular weight is 288 g/mol. The Morgan fingerprint density at radius 3 is 2.60 bits per heavy atom. The molecule has 1 rings (SSSR count). The summed E-state index contributed by atoms with van der Waals surface area (Å²) in [7, 11) is 0. The van der Waals surface area contributed by atoms with Gasteiger partial charge in [-0.3, -0.25) is 0 Å². The molecule has 0 aliphatic carbocycles. The van der Waals surface area contributed by atoms with Gasteiger partial charge in [0.2, 0.25) is 12.1 Å². The van der Waals surface area contributed by atoms with Crippen molar-refractivity contribution in [2.75, 3.05) is 6.61 Å². The van der Waals surface area contributed by atoms with Crippen molar-refractivity contribution in [1.82, 2.24) is 0 Å². The molecule has 0 aliphatic heterocycles. The molecule has 20 heavy (non-hydrogen) atoms. The number of ether oxygens (including phenoxy) is 2. The number of hydrogen-bond donors (Lipinski definition) is 1. The van der Waals surface area contributed by atoms with E-state index in [-0.39, 0.29) is 5.75 Å². The summed E-state index contributed by atoms with van der Waals surface area (Å²) in [6, 6.07) is 3.67. The van der Waals surface area contributed by atoms with E-state index in [9.17, 15) is 13.9 Å². The monoisotopic (exact) mass is 288 g/mol. The first-order valence-electron chi connectivity index (χ1n) is 7.00. The molecule has 0 aromatic heterocycles. The zero-order chi connectivity index (χ0) is 15.0. The Balaban J connectivity index is 2.66. The van der Waals surface area contributed by atoms with Crippen LogP contribution in [0.5, 0.6) is 5.75 Å². The van der Waals surface area contributed by atoms with E-state index in [1.54, 1.807) is 6.92 Å². The van der Waals surface area contributed by atoms with Gasteiger partial charge in [-0.1, -0.05) is 32.8 Å². The summed E-state index contributed by atoms with van der Waals surface area (Å²) < 4.78 is 37.3. The van der Waals surface area contributed by atoms with Gasteiger partial charge in [0, 0.05) is 0 Å². The van der Waals surface area contributed by atoms with Crippen LogP contribution in [0, 0.1) is 11.6 Å². The highest BCUT2D eigenvalue weighted by molar-refractivity contribution is 5.25. The minimum Gasteiger partial charge on any atom is -0.459 e. The topological polar surface area (TPSA) is 38.7 Å². The lowest BCUT2D eigenvalue weighted by Crippen LogP contribution is -2.34. The van der Waals surface area contributed by atoms with Gasteiger partial charge in [0.1, 0.15) is 6.10 Å². The predicted molar refractivity (Wildman–Crippen MR) is 72.5 cm³/mol. The largest absolute Gasteiger partial charge is 0.459 e. The number of unbranched alkanes of at least 4 members (excludes halogenated alkanes) is 2. The summed E-state index contributed by atoms with van der Waals surface area (Å²) in [5.41, 5.74) is 0. The van der Waals surface area contributed by atoms with Gasteiger partial charge in [-0.25, -0.2) is 4.39 Å². The van der Waals surface area contributed by atoms with Gasteiger partial charge in [0.05, 0.1) is 6.61 Å². The Morgan fingerprint density at radius 1 is 1.20 bits per heavy atom. The molecule has 0 radical (unpaired) electrons. The number of rotatable bonds is 9. The van der Waals surface area contributed by atoms with Gasteiger partial charge in [0.15, 0.2) is 11.6 Å². The van der Waals surface area contributed by atoms with E-state index >= 15 is 0 Å². The average Bonchev–Trinajstić information content (AvgIpc) is 2.45. The molecule has 1 aromatic carbocycles. The van der Waals surface area contributed by atoms with Crippen LogP contribution in [0.2, 0.25) is 0 Å². The van der Waals surface area contributed by atoms with Crippen LogP contribution >= 0.6 is 0 Å². The molecule has 0 aliphatic rings. The van der Waals surface area contributed by atoms with Gasteiger partial charge in [-0.2, -0.15) is 4.39 Å². The summed E-state index contributed by atoms with van der Waals surface area (Å²) in [5, 5.41) is 9.83. The van der Waals surface area contributed by atoms with Crippen molar-refractivity contribution in [3.05, 3.63) is 29.8 Å². The molecular weight excluding hydrogens is 266 g/mol. The standard InChI is InChI=1S/C15H22F2O3/c1-3-5-6-10-19-15(12(18)4-2)20-13-9-7-8-11(16)14(13)17/h7-9,12,15,18H,3-6,10H2,1-2H3/t12-,15?/m0/s1. The molecular formula is C15H22F2O3. The molecule has 114 valence electrons. The third kappa shape index (κ3) is 5.06. The van der Waals surface area contributed by atoms with Crippen molar-refractivity contribution < 1.29 is 23.4 Å². The van der Waals surface area contributed by atoms with Crippen molar-refractivity contribution in [2.45, 2.75) is 51.9 Å². The number of halogens is 2. The van der Waals surface area contributed by atoms with Crippen LogP contribution in [0.25, 0.3) is 0 Å². The summed E-state index contributed by atoms with van der Waals surface area (Å²) in [6.07, 6.45) is 1.40. The van der Waals surface area contributed by atoms with Crippen LogP contribution in [0.4, 0.5) is 8.78 Å². The van der Waals surface area contributed by atoms with Crippen LogP contribution in [-0.2, 0) is 4.74 Å². The second-order valence-electron chi connectivity index (χ2n) is 4.59. The molecule has 0 heterocycles. The van der Waals surface area contributed by atoms with E-state index < -0.39 is 24.0 Å². The van der Waals surface area contributed by atoms with E-state index in [4.69, 9.17) is 9.47 Å². The second-order valence-corrected chi connectivity index (χ2v) is 4.59. The summed E-state index contributed by atoms with van der Waals surface area (Å²) >= 11 is 0. The van der Waals surface area contributed by atoms with Crippen LogP contribution in [0.15, 0.2) is 18.2 Å². The molecule has 1 aromatic rings. The molecule has 1 unspecified atom stereocenters. The highest BCUT2D eigenvalue weighted by Crippen LogP contribution is 2.22. The quantitative estimate of drug-likeness (QED) is 0.557. The molecule has 0 saturated heterocycles. The Hall–Kier alpha value is -1.20. The fourth-order valence-corrected chi connectivity index (χ4v) is 1.67. The van der Waals surface area contributed by atoms with Crippen molar-refractivity contribution in [1.29, 1.82) is 0 Å². The highest BCUT2D eigenvalue weighted by Gasteiger charge is 2.22. The SMILES string of the molecule is CCCCCOC(Oc1cccc(F)c1F)[C@@H](O)CC. The lowest BCUT2D eigenvalue weighted by atomic mass is 10.2. The number of hydrogen-bond acceptors (Lipinski definition) is 3. The van der Waals surface area contributed by atoms with Gasteiger partial charge in [0.25, 0.3) is 0 Å². The van der Waals surface area contributed by atoms with E-state index in [0.29, 0.717) is 13.0 Å². The summed E-state index contributed by atoms with van der Waals surface area (Å²) in [4.78, 5) is 0. The first kappa shape index (κ1) is 16.9. The minimum absolute atomic E-state index is 0.252. The fraction of sp³-hybridized carbons (Fsp3) is 0.600. The molecule has 2 atom stereocenters. The summed E-state index contributed by atoms with van der Waals surface area (Å²) in [6.45, 7) is 4.24. The van der Waals surface area contributed by atoms with E-state index in [1.807, 2.05) is 0 Å². The first-order valence-corrected chi connectivity index (χ1v) is 7.00. The Morgan fingerprint density at radius 2 is 1.95 bits per heavy atom. The van der Waals surface area contributed by atoms with Crippen molar-refractivity contribution in [3.8, 4) is 5.75 Å². The molecule has 0 amide bonds. The van der Waals surface area contributed by atoms with Crippen LogP contribution < -0.4 is 4.74 Å². The molecule has 0 spiro atoms. The second kappa shape index (κ2) is 8.87.